The van der Waals surface area contributed by atoms with Gasteiger partial charge in [-0.15, -0.1) is 0 Å². The van der Waals surface area contributed by atoms with Crippen LogP contribution in [0, 0.1) is 5.92 Å². The molecule has 3 N–H and O–H groups in total. The first-order valence-corrected chi connectivity index (χ1v) is 5.57. The lowest BCUT2D eigenvalue weighted by molar-refractivity contribution is 0.0918. The van der Waals surface area contributed by atoms with Crippen molar-refractivity contribution in [2.45, 2.75) is 38.6 Å². The second-order valence-corrected chi connectivity index (χ2v) is 4.30. The molecule has 0 bridgehead atoms. The normalized spacial score (nSPS) is 18.6. The number of nitrogens with two attached hydrogens (primary N) is 1. The summed E-state index contributed by atoms with van der Waals surface area (Å²) in [5.74, 6) is 0.291. The van der Waals surface area contributed by atoms with Crippen LogP contribution in [-0.2, 0) is 0 Å². The fraction of sp³-hybridized carbons (Fsp3) is 0.700. The molecule has 6 heteroatoms. The first kappa shape index (κ1) is 10.9. The maximum absolute atomic E-state index is 11.7. The molecular weight excluding hydrogens is 208 g/mol. The van der Waals surface area contributed by atoms with Crippen molar-refractivity contribution in [3.8, 4) is 0 Å². The number of rotatable bonds is 3. The number of nitrogens with zero attached hydrogens (tertiary/aromatic N) is 2. The molecule has 1 aliphatic rings. The number of carbonyl (C=O) groups excluding carboxylic acids is 1. The minimum absolute atomic E-state index is 0.0381. The molecule has 1 atom stereocenters. The Morgan fingerprint density at radius 1 is 1.50 bits per heavy atom. The summed E-state index contributed by atoms with van der Waals surface area (Å²) < 4.78 is 4.39. The summed E-state index contributed by atoms with van der Waals surface area (Å²) in [6.07, 6.45) is 4.85. The van der Waals surface area contributed by atoms with Crippen molar-refractivity contribution in [1.82, 2.24) is 15.6 Å². The second-order valence-electron chi connectivity index (χ2n) is 4.30. The van der Waals surface area contributed by atoms with Gasteiger partial charge in [0.2, 0.25) is 11.5 Å². The molecule has 16 heavy (non-hydrogen) atoms. The van der Waals surface area contributed by atoms with Gasteiger partial charge in [-0.25, -0.2) is 4.63 Å². The molecule has 0 unspecified atom stereocenters. The fourth-order valence-electron chi connectivity index (χ4n) is 2.20. The molecule has 1 aromatic heterocycles. The lowest BCUT2D eigenvalue weighted by Crippen LogP contribution is -2.37. The maximum Gasteiger partial charge on any atom is 0.277 e. The molecule has 0 spiro atoms. The standard InChI is InChI=1S/C10H16N4O2/c1-6(7-4-2-3-5-7)12-10(15)8-9(11)14-16-13-8/h6-7H,2-5H2,1H3,(H2,11,14)(H,12,15)/t6-/m0/s1. The number of amides is 1. The van der Waals surface area contributed by atoms with Crippen molar-refractivity contribution in [3.63, 3.8) is 0 Å². The van der Waals surface area contributed by atoms with Gasteiger partial charge in [0.1, 0.15) is 0 Å². The third-order valence-corrected chi connectivity index (χ3v) is 3.19. The summed E-state index contributed by atoms with van der Waals surface area (Å²) in [6.45, 7) is 2.01. The molecule has 1 saturated carbocycles. The van der Waals surface area contributed by atoms with E-state index in [1.165, 1.54) is 25.7 Å². The zero-order valence-corrected chi connectivity index (χ0v) is 9.27. The SMILES string of the molecule is C[C@H](NC(=O)c1nonc1N)C1CCCC1. The number of nitrogens with one attached hydrogen (secondary N) is 1. The lowest BCUT2D eigenvalue weighted by Gasteiger charge is -2.19. The summed E-state index contributed by atoms with van der Waals surface area (Å²) >= 11 is 0. The van der Waals surface area contributed by atoms with E-state index in [1.807, 2.05) is 6.92 Å². The van der Waals surface area contributed by atoms with E-state index in [0.717, 1.165) is 0 Å². The van der Waals surface area contributed by atoms with Crippen molar-refractivity contribution in [2.75, 3.05) is 5.73 Å². The van der Waals surface area contributed by atoms with Crippen molar-refractivity contribution in [3.05, 3.63) is 5.69 Å². The Labute approximate surface area is 93.5 Å². The average molecular weight is 224 g/mol. The molecule has 1 amide bonds. The van der Waals surface area contributed by atoms with Crippen LogP contribution >= 0.6 is 0 Å². The number of hydrogen-bond acceptors (Lipinski definition) is 5. The zero-order chi connectivity index (χ0) is 11.5. The number of hydrogen-bond donors (Lipinski definition) is 2. The van der Waals surface area contributed by atoms with Crippen LogP contribution in [0.5, 0.6) is 0 Å². The maximum atomic E-state index is 11.7. The van der Waals surface area contributed by atoms with E-state index in [1.54, 1.807) is 0 Å². The third-order valence-electron chi connectivity index (χ3n) is 3.19. The highest BCUT2D eigenvalue weighted by molar-refractivity contribution is 5.96. The van der Waals surface area contributed by atoms with Gasteiger partial charge in [-0.2, -0.15) is 0 Å². The Morgan fingerprint density at radius 3 is 2.75 bits per heavy atom. The Kier molecular flexibility index (Phi) is 3.07. The van der Waals surface area contributed by atoms with E-state index in [0.29, 0.717) is 5.92 Å². The van der Waals surface area contributed by atoms with Gasteiger partial charge in [0.15, 0.2) is 0 Å². The van der Waals surface area contributed by atoms with Gasteiger partial charge in [0.25, 0.3) is 5.91 Å². The monoisotopic (exact) mass is 224 g/mol. The highest BCUT2D eigenvalue weighted by atomic mass is 16.6. The van der Waals surface area contributed by atoms with Crippen LogP contribution in [0.4, 0.5) is 5.82 Å². The summed E-state index contributed by atoms with van der Waals surface area (Å²) in [6, 6.07) is 0.145. The molecule has 0 radical (unpaired) electrons. The topological polar surface area (TPSA) is 94.0 Å². The van der Waals surface area contributed by atoms with Crippen molar-refractivity contribution >= 4 is 11.7 Å². The minimum Gasteiger partial charge on any atom is -0.379 e. The summed E-state index contributed by atoms with van der Waals surface area (Å²) in [7, 11) is 0. The van der Waals surface area contributed by atoms with Gasteiger partial charge in [-0.1, -0.05) is 12.8 Å². The molecule has 0 saturated heterocycles. The number of carbonyl (C=O) groups is 1. The quantitative estimate of drug-likeness (QED) is 0.797. The smallest absolute Gasteiger partial charge is 0.277 e. The van der Waals surface area contributed by atoms with Gasteiger partial charge >= 0.3 is 0 Å². The van der Waals surface area contributed by atoms with Crippen LogP contribution in [0.15, 0.2) is 4.63 Å². The van der Waals surface area contributed by atoms with E-state index in [2.05, 4.69) is 20.3 Å². The predicted octanol–water partition coefficient (Wildman–Crippen LogP) is 0.960. The molecule has 1 aromatic rings. The van der Waals surface area contributed by atoms with Gasteiger partial charge in [-0.3, -0.25) is 4.79 Å². The molecule has 2 rings (SSSR count). The lowest BCUT2D eigenvalue weighted by atomic mass is 10.00. The van der Waals surface area contributed by atoms with Crippen molar-refractivity contribution in [1.29, 1.82) is 0 Å². The Morgan fingerprint density at radius 2 is 2.19 bits per heavy atom. The van der Waals surface area contributed by atoms with Gasteiger partial charge in [0.05, 0.1) is 0 Å². The summed E-state index contributed by atoms with van der Waals surface area (Å²) in [5, 5.41) is 9.73. The number of nitrogen functional groups attached to an aromatic ring is 1. The van der Waals surface area contributed by atoms with Crippen LogP contribution in [0.2, 0.25) is 0 Å². The van der Waals surface area contributed by atoms with Crippen LogP contribution in [0.3, 0.4) is 0 Å². The predicted molar refractivity (Wildman–Crippen MR) is 57.6 cm³/mol. The molecule has 0 aliphatic heterocycles. The second kappa shape index (κ2) is 4.51. The molecule has 1 fully saturated rings. The van der Waals surface area contributed by atoms with E-state index in [9.17, 15) is 4.79 Å². The van der Waals surface area contributed by atoms with Crippen LogP contribution in [0.1, 0.15) is 43.1 Å². The van der Waals surface area contributed by atoms with E-state index in [-0.39, 0.29) is 23.5 Å². The molecule has 1 aliphatic carbocycles. The molecule has 1 heterocycles. The first-order valence-electron chi connectivity index (χ1n) is 5.57. The van der Waals surface area contributed by atoms with Crippen LogP contribution in [0.25, 0.3) is 0 Å². The van der Waals surface area contributed by atoms with Gasteiger partial charge in [0, 0.05) is 6.04 Å². The Bertz CT molecular complexity index is 371. The van der Waals surface area contributed by atoms with E-state index < -0.39 is 0 Å². The average Bonchev–Trinajstić information content (AvgIpc) is 2.86. The zero-order valence-electron chi connectivity index (χ0n) is 9.27. The van der Waals surface area contributed by atoms with Crippen LogP contribution in [-0.4, -0.2) is 22.3 Å². The number of anilines is 1. The molecule has 6 nitrogen and oxygen atoms in total. The molecule has 0 aromatic carbocycles. The minimum atomic E-state index is -0.307. The van der Waals surface area contributed by atoms with E-state index in [4.69, 9.17) is 5.73 Å². The fourth-order valence-corrected chi connectivity index (χ4v) is 2.20. The van der Waals surface area contributed by atoms with Crippen LogP contribution < -0.4 is 11.1 Å². The van der Waals surface area contributed by atoms with Gasteiger partial charge < -0.3 is 11.1 Å². The van der Waals surface area contributed by atoms with Crippen molar-refractivity contribution < 1.29 is 9.42 Å². The van der Waals surface area contributed by atoms with Crippen molar-refractivity contribution in [2.24, 2.45) is 5.92 Å². The summed E-state index contributed by atoms with van der Waals surface area (Å²) in [4.78, 5) is 11.7. The largest absolute Gasteiger partial charge is 0.379 e. The summed E-state index contributed by atoms with van der Waals surface area (Å²) in [5.41, 5.74) is 5.52. The third kappa shape index (κ3) is 2.15. The highest BCUT2D eigenvalue weighted by Gasteiger charge is 2.25. The molecular formula is C10H16N4O2. The Balaban J connectivity index is 1.94. The molecule has 88 valence electrons. The Hall–Kier alpha value is -1.59. The number of aromatic nitrogens is 2. The highest BCUT2D eigenvalue weighted by Crippen LogP contribution is 2.27. The first-order chi connectivity index (χ1) is 7.68. The van der Waals surface area contributed by atoms with E-state index >= 15 is 0 Å². The van der Waals surface area contributed by atoms with Gasteiger partial charge in [-0.05, 0) is 36.0 Å².